The molecular formula is C19H21NOS2. The second kappa shape index (κ2) is 7.45. The average Bonchev–Trinajstić information content (AvgIpc) is 2.83. The number of thiocarbonyl (C=S) groups is 1. The van der Waals surface area contributed by atoms with Gasteiger partial charge in [-0.2, -0.15) is 0 Å². The Morgan fingerprint density at radius 1 is 1.22 bits per heavy atom. The fourth-order valence-electron chi connectivity index (χ4n) is 3.19. The Kier molecular flexibility index (Phi) is 5.34. The molecule has 23 heavy (non-hydrogen) atoms. The van der Waals surface area contributed by atoms with Gasteiger partial charge >= 0.3 is 0 Å². The minimum atomic E-state index is 0.0905. The molecule has 1 aliphatic carbocycles. The standard InChI is InChI=1S/C19H21NOS2/c1-14(12-15-8-4-2-5-9-15)13-17-18(21)20(19(22)23-17)16-10-6-3-7-11-16/h2,4-5,8-9,12-13,16H,3,6-7,10-11H2,1H3/b14-12+,17-13+. The van der Waals surface area contributed by atoms with Crippen LogP contribution >= 0.6 is 24.0 Å². The van der Waals surface area contributed by atoms with Crippen molar-refractivity contribution in [1.29, 1.82) is 0 Å². The van der Waals surface area contributed by atoms with Gasteiger partial charge in [0.15, 0.2) is 0 Å². The van der Waals surface area contributed by atoms with E-state index in [4.69, 9.17) is 12.2 Å². The van der Waals surface area contributed by atoms with Crippen LogP contribution in [-0.4, -0.2) is 21.2 Å². The molecule has 120 valence electrons. The zero-order valence-electron chi connectivity index (χ0n) is 13.3. The molecule has 2 aliphatic rings. The Morgan fingerprint density at radius 2 is 1.91 bits per heavy atom. The predicted molar refractivity (Wildman–Crippen MR) is 102 cm³/mol. The molecule has 1 saturated heterocycles. The second-order valence-electron chi connectivity index (χ2n) is 6.14. The summed E-state index contributed by atoms with van der Waals surface area (Å²) in [5.74, 6) is 0.0905. The number of rotatable bonds is 3. The van der Waals surface area contributed by atoms with Gasteiger partial charge in [0.2, 0.25) is 0 Å². The van der Waals surface area contributed by atoms with Gasteiger partial charge in [-0.3, -0.25) is 9.69 Å². The smallest absolute Gasteiger partial charge is 0.266 e. The van der Waals surface area contributed by atoms with Gasteiger partial charge in [0.05, 0.1) is 4.91 Å². The van der Waals surface area contributed by atoms with E-state index in [-0.39, 0.29) is 5.91 Å². The number of amides is 1. The number of hydrogen-bond donors (Lipinski definition) is 0. The van der Waals surface area contributed by atoms with E-state index in [1.54, 1.807) is 0 Å². The first kappa shape index (κ1) is 16.5. The van der Waals surface area contributed by atoms with Gasteiger partial charge < -0.3 is 0 Å². The lowest BCUT2D eigenvalue weighted by molar-refractivity contribution is -0.124. The minimum absolute atomic E-state index is 0.0905. The first-order valence-corrected chi connectivity index (χ1v) is 9.38. The minimum Gasteiger partial charge on any atom is -0.290 e. The van der Waals surface area contributed by atoms with E-state index in [1.807, 2.05) is 36.1 Å². The van der Waals surface area contributed by atoms with Crippen molar-refractivity contribution in [3.8, 4) is 0 Å². The molecule has 0 atom stereocenters. The van der Waals surface area contributed by atoms with Crippen LogP contribution in [0, 0.1) is 0 Å². The van der Waals surface area contributed by atoms with Crippen molar-refractivity contribution in [2.75, 3.05) is 0 Å². The van der Waals surface area contributed by atoms with Crippen LogP contribution in [0.25, 0.3) is 6.08 Å². The number of thioether (sulfide) groups is 1. The molecule has 0 spiro atoms. The summed E-state index contributed by atoms with van der Waals surface area (Å²) in [6.07, 6.45) is 9.90. The Labute approximate surface area is 147 Å². The fraction of sp³-hybridized carbons (Fsp3) is 0.368. The summed E-state index contributed by atoms with van der Waals surface area (Å²) >= 11 is 6.91. The molecule has 4 heteroatoms. The topological polar surface area (TPSA) is 20.3 Å². The number of hydrogen-bond acceptors (Lipinski definition) is 3. The molecule has 0 aromatic heterocycles. The molecular weight excluding hydrogens is 322 g/mol. The van der Waals surface area contributed by atoms with Gasteiger partial charge in [-0.1, -0.05) is 79.7 Å². The summed E-state index contributed by atoms with van der Waals surface area (Å²) in [5, 5.41) is 0. The monoisotopic (exact) mass is 343 g/mol. The molecule has 3 rings (SSSR count). The van der Waals surface area contributed by atoms with Crippen molar-refractivity contribution in [1.82, 2.24) is 4.90 Å². The molecule has 0 unspecified atom stereocenters. The molecule has 2 fully saturated rings. The van der Waals surface area contributed by atoms with Crippen LogP contribution in [0.4, 0.5) is 0 Å². The van der Waals surface area contributed by atoms with E-state index in [1.165, 1.54) is 31.0 Å². The van der Waals surface area contributed by atoms with Crippen LogP contribution in [0.2, 0.25) is 0 Å². The summed E-state index contributed by atoms with van der Waals surface area (Å²) < 4.78 is 0.723. The molecule has 1 heterocycles. The number of benzene rings is 1. The van der Waals surface area contributed by atoms with E-state index in [2.05, 4.69) is 18.2 Å². The van der Waals surface area contributed by atoms with Gasteiger partial charge in [-0.05, 0) is 37.0 Å². The maximum absolute atomic E-state index is 12.7. The SMILES string of the molecule is CC(=C\c1ccccc1)/C=C1/SC(=S)N(C2CCCCC2)C1=O. The summed E-state index contributed by atoms with van der Waals surface area (Å²) in [6.45, 7) is 2.03. The number of carbonyl (C=O) groups excluding carboxylic acids is 1. The van der Waals surface area contributed by atoms with Gasteiger partial charge in [-0.15, -0.1) is 0 Å². The zero-order chi connectivity index (χ0) is 16.2. The highest BCUT2D eigenvalue weighted by atomic mass is 32.2. The molecule has 0 bridgehead atoms. The van der Waals surface area contributed by atoms with Gasteiger partial charge in [0, 0.05) is 6.04 Å². The van der Waals surface area contributed by atoms with Gasteiger partial charge in [0.1, 0.15) is 4.32 Å². The lowest BCUT2D eigenvalue weighted by Gasteiger charge is -2.29. The zero-order valence-corrected chi connectivity index (χ0v) is 15.0. The molecule has 1 aromatic rings. The summed E-state index contributed by atoms with van der Waals surface area (Å²) in [7, 11) is 0. The largest absolute Gasteiger partial charge is 0.290 e. The number of nitrogens with zero attached hydrogens (tertiary/aromatic N) is 1. The normalized spacial score (nSPS) is 22.2. The fourth-order valence-corrected chi connectivity index (χ4v) is 4.64. The summed E-state index contributed by atoms with van der Waals surface area (Å²) in [4.78, 5) is 15.3. The number of allylic oxidation sites excluding steroid dienone is 2. The van der Waals surface area contributed by atoms with Crippen molar-refractivity contribution in [2.45, 2.75) is 45.1 Å². The van der Waals surface area contributed by atoms with E-state index in [0.29, 0.717) is 6.04 Å². The molecule has 1 aromatic carbocycles. The Bertz CT molecular complexity index is 657. The quantitative estimate of drug-likeness (QED) is 0.558. The van der Waals surface area contributed by atoms with Crippen LogP contribution in [0.1, 0.15) is 44.6 Å². The summed E-state index contributed by atoms with van der Waals surface area (Å²) in [6, 6.07) is 10.5. The van der Waals surface area contributed by atoms with E-state index >= 15 is 0 Å². The number of carbonyl (C=O) groups is 1. The Morgan fingerprint density at radius 3 is 2.61 bits per heavy atom. The Balaban J connectivity index is 1.77. The van der Waals surface area contributed by atoms with Crippen LogP contribution in [0.5, 0.6) is 0 Å². The predicted octanol–water partition coefficient (Wildman–Crippen LogP) is 5.17. The van der Waals surface area contributed by atoms with Crippen molar-refractivity contribution in [3.05, 3.63) is 52.4 Å². The molecule has 1 amide bonds. The maximum Gasteiger partial charge on any atom is 0.266 e. The third-order valence-electron chi connectivity index (χ3n) is 4.32. The Hall–Kier alpha value is -1.39. The third kappa shape index (κ3) is 3.93. The molecule has 1 saturated carbocycles. The van der Waals surface area contributed by atoms with Gasteiger partial charge in [0.25, 0.3) is 5.91 Å². The van der Waals surface area contributed by atoms with Crippen molar-refractivity contribution < 1.29 is 4.79 Å². The van der Waals surface area contributed by atoms with Crippen LogP contribution in [0.3, 0.4) is 0 Å². The van der Waals surface area contributed by atoms with E-state index in [9.17, 15) is 4.79 Å². The lowest BCUT2D eigenvalue weighted by Crippen LogP contribution is -2.39. The molecule has 2 nitrogen and oxygen atoms in total. The van der Waals surface area contributed by atoms with E-state index < -0.39 is 0 Å². The van der Waals surface area contributed by atoms with Crippen LogP contribution in [0.15, 0.2) is 46.9 Å². The second-order valence-corrected chi connectivity index (χ2v) is 7.82. The van der Waals surface area contributed by atoms with Crippen LogP contribution in [-0.2, 0) is 4.79 Å². The summed E-state index contributed by atoms with van der Waals surface area (Å²) in [5.41, 5.74) is 2.21. The maximum atomic E-state index is 12.7. The first-order valence-electron chi connectivity index (χ1n) is 8.15. The highest BCUT2D eigenvalue weighted by Gasteiger charge is 2.37. The third-order valence-corrected chi connectivity index (χ3v) is 5.65. The highest BCUT2D eigenvalue weighted by molar-refractivity contribution is 8.26. The van der Waals surface area contributed by atoms with Gasteiger partial charge in [-0.25, -0.2) is 0 Å². The molecule has 0 radical (unpaired) electrons. The first-order chi connectivity index (χ1) is 11.1. The van der Waals surface area contributed by atoms with Crippen LogP contribution < -0.4 is 0 Å². The van der Waals surface area contributed by atoms with E-state index in [0.717, 1.165) is 33.2 Å². The van der Waals surface area contributed by atoms with Crippen molar-refractivity contribution >= 4 is 40.3 Å². The lowest BCUT2D eigenvalue weighted by atomic mass is 9.94. The average molecular weight is 344 g/mol. The van der Waals surface area contributed by atoms with Crippen molar-refractivity contribution in [2.24, 2.45) is 0 Å². The molecule has 0 N–H and O–H groups in total. The highest BCUT2D eigenvalue weighted by Crippen LogP contribution is 2.36. The molecule has 1 aliphatic heterocycles. The van der Waals surface area contributed by atoms with Crippen molar-refractivity contribution in [3.63, 3.8) is 0 Å².